The van der Waals surface area contributed by atoms with Crippen LogP contribution in [0.3, 0.4) is 0 Å². The fourth-order valence-electron chi connectivity index (χ4n) is 2.81. The second-order valence-corrected chi connectivity index (χ2v) is 5.87. The summed E-state index contributed by atoms with van der Waals surface area (Å²) in [4.78, 5) is 12.0. The van der Waals surface area contributed by atoms with Crippen LogP contribution in [-0.2, 0) is 0 Å². The van der Waals surface area contributed by atoms with Crippen LogP contribution in [0.2, 0.25) is 0 Å². The number of benzene rings is 1. The Morgan fingerprint density at radius 3 is 2.80 bits per heavy atom. The summed E-state index contributed by atoms with van der Waals surface area (Å²) in [6.45, 7) is 2.91. The number of carbonyl (C=O) groups is 1. The van der Waals surface area contributed by atoms with Crippen molar-refractivity contribution < 1.29 is 9.53 Å². The molecule has 20 heavy (non-hydrogen) atoms. The van der Waals surface area contributed by atoms with Crippen molar-refractivity contribution in [1.82, 2.24) is 0 Å². The van der Waals surface area contributed by atoms with Gasteiger partial charge in [0.25, 0.3) is 0 Å². The van der Waals surface area contributed by atoms with E-state index in [1.54, 1.807) is 0 Å². The summed E-state index contributed by atoms with van der Waals surface area (Å²) in [6, 6.07) is 7.68. The average Bonchev–Trinajstić information content (AvgIpc) is 2.52. The SMILES string of the molecule is CCCCC(=O)c1cccc(OCC2CCCCC2)c1. The lowest BCUT2D eigenvalue weighted by molar-refractivity contribution is 0.0979. The highest BCUT2D eigenvalue weighted by Crippen LogP contribution is 2.25. The van der Waals surface area contributed by atoms with E-state index in [0.717, 1.165) is 30.8 Å². The molecule has 1 fully saturated rings. The molecule has 0 spiro atoms. The third-order valence-electron chi connectivity index (χ3n) is 4.12. The highest BCUT2D eigenvalue weighted by molar-refractivity contribution is 5.96. The van der Waals surface area contributed by atoms with Crippen molar-refractivity contribution in [1.29, 1.82) is 0 Å². The number of carbonyl (C=O) groups excluding carboxylic acids is 1. The normalized spacial score (nSPS) is 16.1. The zero-order chi connectivity index (χ0) is 14.2. The van der Waals surface area contributed by atoms with Gasteiger partial charge in [-0.15, -0.1) is 0 Å². The lowest BCUT2D eigenvalue weighted by atomic mass is 9.90. The Kier molecular flexibility index (Phi) is 6.10. The van der Waals surface area contributed by atoms with E-state index in [9.17, 15) is 4.79 Å². The highest BCUT2D eigenvalue weighted by atomic mass is 16.5. The molecule has 0 bridgehead atoms. The van der Waals surface area contributed by atoms with Gasteiger partial charge in [-0.2, -0.15) is 0 Å². The summed E-state index contributed by atoms with van der Waals surface area (Å²) < 4.78 is 5.89. The van der Waals surface area contributed by atoms with Gasteiger partial charge in [0, 0.05) is 12.0 Å². The van der Waals surface area contributed by atoms with E-state index < -0.39 is 0 Å². The van der Waals surface area contributed by atoms with Gasteiger partial charge in [0.1, 0.15) is 5.75 Å². The standard InChI is InChI=1S/C18H26O2/c1-2-3-12-18(19)16-10-7-11-17(13-16)20-14-15-8-5-4-6-9-15/h7,10-11,13,15H,2-6,8-9,12,14H2,1H3. The minimum Gasteiger partial charge on any atom is -0.493 e. The predicted molar refractivity (Wildman–Crippen MR) is 82.4 cm³/mol. The van der Waals surface area contributed by atoms with Crippen LogP contribution in [0.1, 0.15) is 68.6 Å². The van der Waals surface area contributed by atoms with Crippen LogP contribution in [0.4, 0.5) is 0 Å². The van der Waals surface area contributed by atoms with Gasteiger partial charge in [-0.05, 0) is 37.3 Å². The average molecular weight is 274 g/mol. The number of hydrogen-bond donors (Lipinski definition) is 0. The molecule has 0 atom stereocenters. The first-order valence-corrected chi connectivity index (χ1v) is 8.05. The fraction of sp³-hybridized carbons (Fsp3) is 0.611. The lowest BCUT2D eigenvalue weighted by Gasteiger charge is -2.21. The Morgan fingerprint density at radius 2 is 2.05 bits per heavy atom. The van der Waals surface area contributed by atoms with Gasteiger partial charge < -0.3 is 4.74 Å². The van der Waals surface area contributed by atoms with E-state index in [0.29, 0.717) is 12.3 Å². The first-order valence-electron chi connectivity index (χ1n) is 8.05. The van der Waals surface area contributed by atoms with Crippen molar-refractivity contribution in [3.63, 3.8) is 0 Å². The number of ether oxygens (including phenoxy) is 1. The zero-order valence-electron chi connectivity index (χ0n) is 12.6. The summed E-state index contributed by atoms with van der Waals surface area (Å²) in [7, 11) is 0. The summed E-state index contributed by atoms with van der Waals surface area (Å²) in [5.74, 6) is 1.77. The molecule has 1 aromatic carbocycles. The summed E-state index contributed by atoms with van der Waals surface area (Å²) in [6.07, 6.45) is 9.29. The lowest BCUT2D eigenvalue weighted by Crippen LogP contribution is -2.15. The Balaban J connectivity index is 1.86. The molecule has 1 aliphatic carbocycles. The quantitative estimate of drug-likeness (QED) is 0.653. The number of Topliss-reactive ketones (excluding diaryl/α,β-unsaturated/α-hetero) is 1. The minimum absolute atomic E-state index is 0.231. The fourth-order valence-corrected chi connectivity index (χ4v) is 2.81. The van der Waals surface area contributed by atoms with Gasteiger partial charge in [-0.25, -0.2) is 0 Å². The van der Waals surface area contributed by atoms with Gasteiger partial charge in [0.2, 0.25) is 0 Å². The molecule has 0 radical (unpaired) electrons. The molecule has 0 aliphatic heterocycles. The van der Waals surface area contributed by atoms with Crippen LogP contribution < -0.4 is 4.74 Å². The number of ketones is 1. The second-order valence-electron chi connectivity index (χ2n) is 5.87. The number of rotatable bonds is 7. The van der Waals surface area contributed by atoms with Crippen molar-refractivity contribution in [3.05, 3.63) is 29.8 Å². The van der Waals surface area contributed by atoms with Crippen LogP contribution in [0.25, 0.3) is 0 Å². The highest BCUT2D eigenvalue weighted by Gasteiger charge is 2.14. The van der Waals surface area contributed by atoms with E-state index in [-0.39, 0.29) is 5.78 Å². The number of unbranched alkanes of at least 4 members (excludes halogenated alkanes) is 1. The van der Waals surface area contributed by atoms with E-state index >= 15 is 0 Å². The molecule has 0 N–H and O–H groups in total. The molecular formula is C18H26O2. The molecule has 0 amide bonds. The molecular weight excluding hydrogens is 248 g/mol. The molecule has 1 aliphatic rings. The molecule has 2 rings (SSSR count). The van der Waals surface area contributed by atoms with E-state index in [2.05, 4.69) is 6.92 Å². The maximum atomic E-state index is 12.0. The molecule has 2 nitrogen and oxygen atoms in total. The monoisotopic (exact) mass is 274 g/mol. The van der Waals surface area contributed by atoms with Crippen LogP contribution in [0, 0.1) is 5.92 Å². The summed E-state index contributed by atoms with van der Waals surface area (Å²) in [5.41, 5.74) is 0.791. The van der Waals surface area contributed by atoms with Crippen molar-refractivity contribution in [2.45, 2.75) is 58.3 Å². The van der Waals surface area contributed by atoms with E-state index in [1.807, 2.05) is 24.3 Å². The maximum absolute atomic E-state index is 12.0. The largest absolute Gasteiger partial charge is 0.493 e. The molecule has 1 aromatic rings. The third kappa shape index (κ3) is 4.66. The molecule has 1 saturated carbocycles. The van der Waals surface area contributed by atoms with Gasteiger partial charge in [0.15, 0.2) is 5.78 Å². The Labute approximate surface area is 122 Å². The molecule has 110 valence electrons. The number of hydrogen-bond acceptors (Lipinski definition) is 2. The minimum atomic E-state index is 0.231. The van der Waals surface area contributed by atoms with Gasteiger partial charge in [0.05, 0.1) is 6.61 Å². The zero-order valence-corrected chi connectivity index (χ0v) is 12.6. The molecule has 2 heteroatoms. The van der Waals surface area contributed by atoms with Crippen LogP contribution in [0.5, 0.6) is 5.75 Å². The molecule has 0 aromatic heterocycles. The molecule has 0 saturated heterocycles. The molecule has 0 unspecified atom stereocenters. The Hall–Kier alpha value is -1.31. The van der Waals surface area contributed by atoms with Crippen LogP contribution in [-0.4, -0.2) is 12.4 Å². The van der Waals surface area contributed by atoms with Gasteiger partial charge >= 0.3 is 0 Å². The predicted octanol–water partition coefficient (Wildman–Crippen LogP) is 5.02. The van der Waals surface area contributed by atoms with E-state index in [1.165, 1.54) is 32.1 Å². The van der Waals surface area contributed by atoms with Gasteiger partial charge in [-0.3, -0.25) is 4.79 Å². The smallest absolute Gasteiger partial charge is 0.163 e. The maximum Gasteiger partial charge on any atom is 0.163 e. The Morgan fingerprint density at radius 1 is 1.25 bits per heavy atom. The van der Waals surface area contributed by atoms with Crippen molar-refractivity contribution in [2.75, 3.05) is 6.61 Å². The van der Waals surface area contributed by atoms with Crippen LogP contribution in [0.15, 0.2) is 24.3 Å². The van der Waals surface area contributed by atoms with E-state index in [4.69, 9.17) is 4.74 Å². The molecule has 0 heterocycles. The van der Waals surface area contributed by atoms with Crippen LogP contribution >= 0.6 is 0 Å². The first kappa shape index (κ1) is 15.1. The van der Waals surface area contributed by atoms with Crippen molar-refractivity contribution in [2.24, 2.45) is 5.92 Å². The summed E-state index contributed by atoms with van der Waals surface area (Å²) >= 11 is 0. The topological polar surface area (TPSA) is 26.3 Å². The van der Waals surface area contributed by atoms with Gasteiger partial charge in [-0.1, -0.05) is 44.7 Å². The Bertz CT molecular complexity index is 419. The van der Waals surface area contributed by atoms with Crippen molar-refractivity contribution in [3.8, 4) is 5.75 Å². The summed E-state index contributed by atoms with van der Waals surface area (Å²) in [5, 5.41) is 0. The van der Waals surface area contributed by atoms with Crippen molar-refractivity contribution >= 4 is 5.78 Å². The second kappa shape index (κ2) is 8.08. The first-order chi connectivity index (χ1) is 9.79. The third-order valence-corrected chi connectivity index (χ3v) is 4.12.